The van der Waals surface area contributed by atoms with Gasteiger partial charge < -0.3 is 24.7 Å². The Morgan fingerprint density at radius 1 is 1.06 bits per heavy atom. The smallest absolute Gasteiger partial charge is 0.295 e. The highest BCUT2D eigenvalue weighted by Crippen LogP contribution is 2.39. The van der Waals surface area contributed by atoms with Crippen LogP contribution in [0.2, 0.25) is 0 Å². The summed E-state index contributed by atoms with van der Waals surface area (Å²) in [5.41, 5.74) is 1.09. The maximum atomic E-state index is 12.9. The topological polar surface area (TPSA) is 90.3 Å². The second-order valence-electron chi connectivity index (χ2n) is 8.08. The number of aliphatic hydroxyl groups excluding tert-OH is 1. The molecule has 31 heavy (non-hydrogen) atoms. The summed E-state index contributed by atoms with van der Waals surface area (Å²) in [7, 11) is 3.76. The lowest BCUT2D eigenvalue weighted by Crippen LogP contribution is -2.35. The summed E-state index contributed by atoms with van der Waals surface area (Å²) in [6, 6.07) is 12.3. The van der Waals surface area contributed by atoms with E-state index < -0.39 is 17.7 Å². The van der Waals surface area contributed by atoms with E-state index in [1.54, 1.807) is 36.4 Å². The molecule has 1 saturated heterocycles. The second kappa shape index (κ2) is 9.22. The van der Waals surface area contributed by atoms with Gasteiger partial charge in [-0.1, -0.05) is 12.1 Å². The largest absolute Gasteiger partial charge is 0.508 e. The Morgan fingerprint density at radius 2 is 1.68 bits per heavy atom. The lowest BCUT2D eigenvalue weighted by molar-refractivity contribution is -0.140. The zero-order valence-electron chi connectivity index (χ0n) is 18.2. The molecule has 1 aliphatic rings. The van der Waals surface area contributed by atoms with Crippen molar-refractivity contribution < 1.29 is 24.5 Å². The molecule has 2 aromatic rings. The third-order valence-corrected chi connectivity index (χ3v) is 5.04. The van der Waals surface area contributed by atoms with Crippen LogP contribution in [0.5, 0.6) is 11.5 Å². The van der Waals surface area contributed by atoms with Gasteiger partial charge in [0.05, 0.1) is 17.7 Å². The van der Waals surface area contributed by atoms with Gasteiger partial charge in [0.25, 0.3) is 11.7 Å². The standard InChI is InChI=1S/C24H28N2O5/c1-15(2)31-19-11-7-17(8-12-19)22(28)20-21(16-5-9-18(27)10-6-16)26(14-13-25(3)4)24(30)23(20)29/h5-12,15,21,27-28H,13-14H2,1-4H3/b22-20+. The van der Waals surface area contributed by atoms with E-state index in [0.29, 0.717) is 30.0 Å². The summed E-state index contributed by atoms with van der Waals surface area (Å²) in [6.45, 7) is 4.71. The van der Waals surface area contributed by atoms with Crippen molar-refractivity contribution in [3.8, 4) is 11.5 Å². The SMILES string of the molecule is CC(C)Oc1ccc(/C(O)=C2\C(=O)C(=O)N(CCN(C)C)C2c2ccc(O)cc2)cc1. The van der Waals surface area contributed by atoms with E-state index in [4.69, 9.17) is 4.74 Å². The molecular formula is C24H28N2O5. The first kappa shape index (κ1) is 22.4. The van der Waals surface area contributed by atoms with Crippen molar-refractivity contribution in [1.82, 2.24) is 9.80 Å². The van der Waals surface area contributed by atoms with Crippen LogP contribution in [-0.4, -0.2) is 65.0 Å². The number of hydrogen-bond donors (Lipinski definition) is 2. The average molecular weight is 424 g/mol. The average Bonchev–Trinajstić information content (AvgIpc) is 2.97. The van der Waals surface area contributed by atoms with Crippen LogP contribution in [0, 0.1) is 0 Å². The molecule has 1 fully saturated rings. The molecule has 1 aliphatic heterocycles. The zero-order chi connectivity index (χ0) is 22.7. The Labute approximate surface area is 182 Å². The van der Waals surface area contributed by atoms with Crippen molar-refractivity contribution in [2.24, 2.45) is 0 Å². The third kappa shape index (κ3) is 4.88. The third-order valence-electron chi connectivity index (χ3n) is 5.04. The van der Waals surface area contributed by atoms with Gasteiger partial charge in [0.2, 0.25) is 0 Å². The van der Waals surface area contributed by atoms with E-state index in [-0.39, 0.29) is 23.2 Å². The molecule has 0 aliphatic carbocycles. The van der Waals surface area contributed by atoms with Crippen LogP contribution in [0.1, 0.15) is 31.0 Å². The lowest BCUT2D eigenvalue weighted by atomic mass is 9.95. The molecule has 1 amide bonds. The monoisotopic (exact) mass is 424 g/mol. The van der Waals surface area contributed by atoms with Crippen molar-refractivity contribution in [3.05, 3.63) is 65.2 Å². The van der Waals surface area contributed by atoms with Gasteiger partial charge >= 0.3 is 0 Å². The number of phenolic OH excluding ortho intramolecular Hbond substituents is 1. The number of rotatable bonds is 7. The van der Waals surface area contributed by atoms with E-state index in [2.05, 4.69) is 0 Å². The number of phenols is 1. The minimum Gasteiger partial charge on any atom is -0.508 e. The van der Waals surface area contributed by atoms with Crippen LogP contribution in [-0.2, 0) is 9.59 Å². The summed E-state index contributed by atoms with van der Waals surface area (Å²) in [5.74, 6) is -0.888. The van der Waals surface area contributed by atoms with E-state index in [9.17, 15) is 19.8 Å². The number of nitrogens with zero attached hydrogens (tertiary/aromatic N) is 2. The summed E-state index contributed by atoms with van der Waals surface area (Å²) >= 11 is 0. The molecule has 1 heterocycles. The highest BCUT2D eigenvalue weighted by molar-refractivity contribution is 6.46. The number of ether oxygens (including phenoxy) is 1. The lowest BCUT2D eigenvalue weighted by Gasteiger charge is -2.26. The fourth-order valence-electron chi connectivity index (χ4n) is 3.54. The molecule has 1 atom stereocenters. The number of carbonyl (C=O) groups is 2. The van der Waals surface area contributed by atoms with Crippen molar-refractivity contribution >= 4 is 17.4 Å². The Bertz CT molecular complexity index is 978. The van der Waals surface area contributed by atoms with Crippen LogP contribution in [0.25, 0.3) is 5.76 Å². The summed E-state index contributed by atoms with van der Waals surface area (Å²) < 4.78 is 5.63. The number of ketones is 1. The molecule has 2 N–H and O–H groups in total. The van der Waals surface area contributed by atoms with Gasteiger partial charge in [-0.2, -0.15) is 0 Å². The van der Waals surface area contributed by atoms with Gasteiger partial charge in [0.1, 0.15) is 17.3 Å². The van der Waals surface area contributed by atoms with Crippen LogP contribution >= 0.6 is 0 Å². The summed E-state index contributed by atoms with van der Waals surface area (Å²) in [5, 5.41) is 20.7. The van der Waals surface area contributed by atoms with E-state index in [1.165, 1.54) is 17.0 Å². The Hall–Kier alpha value is -3.32. The highest BCUT2D eigenvalue weighted by Gasteiger charge is 2.45. The molecule has 0 bridgehead atoms. The van der Waals surface area contributed by atoms with Crippen molar-refractivity contribution in [3.63, 3.8) is 0 Å². The number of likely N-dealkylation sites (tertiary alicyclic amines) is 1. The Morgan fingerprint density at radius 3 is 2.23 bits per heavy atom. The van der Waals surface area contributed by atoms with Gasteiger partial charge in [-0.05, 0) is 69.9 Å². The number of Topliss-reactive ketones (excluding diaryl/α,β-unsaturated/α-hetero) is 1. The van der Waals surface area contributed by atoms with Crippen LogP contribution in [0.15, 0.2) is 54.1 Å². The quantitative estimate of drug-likeness (QED) is 0.403. The number of aliphatic hydroxyl groups is 1. The molecule has 0 radical (unpaired) electrons. The van der Waals surface area contributed by atoms with Gasteiger partial charge in [-0.3, -0.25) is 9.59 Å². The number of benzene rings is 2. The molecule has 0 aromatic heterocycles. The van der Waals surface area contributed by atoms with Gasteiger partial charge in [0, 0.05) is 18.7 Å². The first-order chi connectivity index (χ1) is 14.7. The highest BCUT2D eigenvalue weighted by atomic mass is 16.5. The molecule has 164 valence electrons. The summed E-state index contributed by atoms with van der Waals surface area (Å²) in [4.78, 5) is 29.2. The van der Waals surface area contributed by atoms with Crippen LogP contribution < -0.4 is 4.74 Å². The van der Waals surface area contributed by atoms with E-state index in [0.717, 1.165) is 0 Å². The molecule has 7 heteroatoms. The maximum Gasteiger partial charge on any atom is 0.295 e. The normalized spacial score (nSPS) is 18.3. The first-order valence-electron chi connectivity index (χ1n) is 10.2. The van der Waals surface area contributed by atoms with E-state index >= 15 is 0 Å². The number of amides is 1. The minimum atomic E-state index is -0.743. The minimum absolute atomic E-state index is 0.0102. The van der Waals surface area contributed by atoms with Crippen molar-refractivity contribution in [2.75, 3.05) is 27.2 Å². The van der Waals surface area contributed by atoms with E-state index in [1.807, 2.05) is 32.8 Å². The predicted molar refractivity (Wildman–Crippen MR) is 118 cm³/mol. The number of aromatic hydroxyl groups is 1. The Balaban J connectivity index is 2.06. The van der Waals surface area contributed by atoms with Crippen LogP contribution in [0.4, 0.5) is 0 Å². The van der Waals surface area contributed by atoms with Crippen LogP contribution in [0.3, 0.4) is 0 Å². The number of carbonyl (C=O) groups excluding carboxylic acids is 2. The fraction of sp³-hybridized carbons (Fsp3) is 0.333. The molecule has 0 saturated carbocycles. The van der Waals surface area contributed by atoms with Gasteiger partial charge in [0.15, 0.2) is 0 Å². The first-order valence-corrected chi connectivity index (χ1v) is 10.2. The number of hydrogen-bond acceptors (Lipinski definition) is 6. The van der Waals surface area contributed by atoms with Crippen molar-refractivity contribution in [2.45, 2.75) is 26.0 Å². The second-order valence-corrected chi connectivity index (χ2v) is 8.08. The van der Waals surface area contributed by atoms with Gasteiger partial charge in [-0.15, -0.1) is 0 Å². The Kier molecular flexibility index (Phi) is 6.65. The van der Waals surface area contributed by atoms with Gasteiger partial charge in [-0.25, -0.2) is 0 Å². The zero-order valence-corrected chi connectivity index (χ0v) is 18.2. The molecule has 3 rings (SSSR count). The molecule has 1 unspecified atom stereocenters. The molecule has 7 nitrogen and oxygen atoms in total. The number of likely N-dealkylation sites (N-methyl/N-ethyl adjacent to an activating group) is 1. The molecule has 0 spiro atoms. The fourth-order valence-corrected chi connectivity index (χ4v) is 3.54. The van der Waals surface area contributed by atoms with Crippen molar-refractivity contribution in [1.29, 1.82) is 0 Å². The molecule has 2 aromatic carbocycles. The molecular weight excluding hydrogens is 396 g/mol. The summed E-state index contributed by atoms with van der Waals surface area (Å²) in [6.07, 6.45) is 0.0102. The maximum absolute atomic E-state index is 12.9. The predicted octanol–water partition coefficient (Wildman–Crippen LogP) is 3.16.